The summed E-state index contributed by atoms with van der Waals surface area (Å²) < 4.78 is 2.26. The minimum atomic E-state index is 0.947. The summed E-state index contributed by atoms with van der Waals surface area (Å²) in [6.07, 6.45) is 8.96. The van der Waals surface area contributed by atoms with Crippen LogP contribution in [0.15, 0.2) is 66.5 Å². The Morgan fingerprint density at radius 2 is 1.85 bits per heavy atom. The average molecular weight is 341 g/mol. The first-order chi connectivity index (χ1) is 12.7. The van der Waals surface area contributed by atoms with Crippen LogP contribution < -0.4 is 9.47 Å². The molecular formula is C24H25N2+. The van der Waals surface area contributed by atoms with E-state index in [9.17, 15) is 0 Å². The third-order valence-electron chi connectivity index (χ3n) is 5.22. The fourth-order valence-corrected chi connectivity index (χ4v) is 3.85. The van der Waals surface area contributed by atoms with Gasteiger partial charge in [0, 0.05) is 42.5 Å². The van der Waals surface area contributed by atoms with Gasteiger partial charge in [0.05, 0.1) is 0 Å². The van der Waals surface area contributed by atoms with E-state index in [1.807, 2.05) is 0 Å². The molecule has 0 atom stereocenters. The van der Waals surface area contributed by atoms with E-state index in [4.69, 9.17) is 0 Å². The van der Waals surface area contributed by atoms with Gasteiger partial charge >= 0.3 is 0 Å². The van der Waals surface area contributed by atoms with E-state index in [-0.39, 0.29) is 0 Å². The van der Waals surface area contributed by atoms with E-state index in [1.54, 1.807) is 0 Å². The second-order valence-corrected chi connectivity index (χ2v) is 6.75. The molecule has 130 valence electrons. The van der Waals surface area contributed by atoms with Crippen molar-refractivity contribution in [3.63, 3.8) is 0 Å². The van der Waals surface area contributed by atoms with Crippen molar-refractivity contribution < 1.29 is 4.57 Å². The van der Waals surface area contributed by atoms with E-state index in [0.717, 1.165) is 13.1 Å². The Kier molecular flexibility index (Phi) is 4.34. The molecule has 0 fully saturated rings. The van der Waals surface area contributed by atoms with Crippen LogP contribution in [-0.4, -0.2) is 6.54 Å². The van der Waals surface area contributed by atoms with Crippen LogP contribution >= 0.6 is 0 Å². The topological polar surface area (TPSA) is 7.12 Å². The molecule has 26 heavy (non-hydrogen) atoms. The quantitative estimate of drug-likeness (QED) is 0.583. The van der Waals surface area contributed by atoms with Gasteiger partial charge in [0.25, 0.3) is 0 Å². The van der Waals surface area contributed by atoms with Crippen LogP contribution in [0.4, 0.5) is 5.69 Å². The normalized spacial score (nSPS) is 14.9. The lowest BCUT2D eigenvalue weighted by atomic mass is 9.97. The minimum absolute atomic E-state index is 0.947. The first kappa shape index (κ1) is 16.6. The van der Waals surface area contributed by atoms with E-state index in [1.165, 1.54) is 39.0 Å². The van der Waals surface area contributed by atoms with Crippen LogP contribution in [0.2, 0.25) is 0 Å². The number of anilines is 1. The highest BCUT2D eigenvalue weighted by Crippen LogP contribution is 2.36. The maximum atomic E-state index is 2.40. The van der Waals surface area contributed by atoms with Gasteiger partial charge in [-0.25, -0.2) is 4.57 Å². The minimum Gasteiger partial charge on any atom is -0.341 e. The Morgan fingerprint density at radius 1 is 1.00 bits per heavy atom. The molecule has 0 radical (unpaired) electrons. The van der Waals surface area contributed by atoms with Crippen LogP contribution in [0.5, 0.6) is 0 Å². The van der Waals surface area contributed by atoms with Crippen molar-refractivity contribution in [1.29, 1.82) is 0 Å². The predicted molar refractivity (Wildman–Crippen MR) is 111 cm³/mol. The molecule has 2 heterocycles. The molecule has 0 amide bonds. The van der Waals surface area contributed by atoms with Crippen molar-refractivity contribution in [3.8, 4) is 0 Å². The molecule has 0 saturated heterocycles. The zero-order valence-corrected chi connectivity index (χ0v) is 15.7. The largest absolute Gasteiger partial charge is 0.341 e. The maximum absolute atomic E-state index is 2.40. The van der Waals surface area contributed by atoms with Gasteiger partial charge in [-0.3, -0.25) is 0 Å². The summed E-state index contributed by atoms with van der Waals surface area (Å²) in [6, 6.07) is 17.5. The number of aromatic nitrogens is 1. The molecule has 0 unspecified atom stereocenters. The van der Waals surface area contributed by atoms with Crippen LogP contribution in [0.3, 0.4) is 0 Å². The zero-order chi connectivity index (χ0) is 18.1. The summed E-state index contributed by atoms with van der Waals surface area (Å²) in [7, 11) is 0. The summed E-state index contributed by atoms with van der Waals surface area (Å²) in [5.41, 5.74) is 6.38. The van der Waals surface area contributed by atoms with E-state index in [2.05, 4.69) is 103 Å². The molecule has 3 aromatic rings. The Bertz CT molecular complexity index is 1030. The highest BCUT2D eigenvalue weighted by molar-refractivity contribution is 5.98. The molecule has 2 heteroatoms. The second-order valence-electron chi connectivity index (χ2n) is 6.75. The van der Waals surface area contributed by atoms with Crippen molar-refractivity contribution in [1.82, 2.24) is 0 Å². The lowest BCUT2D eigenvalue weighted by Gasteiger charge is -2.30. The molecule has 1 aliphatic heterocycles. The second kappa shape index (κ2) is 6.80. The Morgan fingerprint density at radius 3 is 2.62 bits per heavy atom. The van der Waals surface area contributed by atoms with Gasteiger partial charge in [-0.2, -0.15) is 0 Å². The number of hydrogen-bond donors (Lipinski definition) is 0. The van der Waals surface area contributed by atoms with Crippen molar-refractivity contribution in [3.05, 3.63) is 83.3 Å². The SMILES string of the molecule is CCN1/C(=C/c2cc[n+](CC)c(C)c2)C=Cc2c1ccc1ccccc21. The third-order valence-corrected chi connectivity index (χ3v) is 5.22. The van der Waals surface area contributed by atoms with E-state index < -0.39 is 0 Å². The van der Waals surface area contributed by atoms with Gasteiger partial charge in [0.15, 0.2) is 11.9 Å². The van der Waals surface area contributed by atoms with Crippen LogP contribution in [0, 0.1) is 6.92 Å². The summed E-state index contributed by atoms with van der Waals surface area (Å²) in [5.74, 6) is 0. The molecule has 2 nitrogen and oxygen atoms in total. The number of likely N-dealkylation sites (N-methyl/N-ethyl adjacent to an activating group) is 1. The Labute approximate surface area is 155 Å². The van der Waals surface area contributed by atoms with Crippen LogP contribution in [0.25, 0.3) is 22.9 Å². The number of pyridine rings is 1. The molecule has 0 aliphatic carbocycles. The molecule has 0 bridgehead atoms. The number of aryl methyl sites for hydroxylation is 2. The molecule has 0 spiro atoms. The van der Waals surface area contributed by atoms with Crippen molar-refractivity contribution in [2.24, 2.45) is 0 Å². The van der Waals surface area contributed by atoms with Gasteiger partial charge in [-0.1, -0.05) is 36.4 Å². The van der Waals surface area contributed by atoms with E-state index >= 15 is 0 Å². The monoisotopic (exact) mass is 341 g/mol. The highest BCUT2D eigenvalue weighted by Gasteiger charge is 2.18. The number of rotatable bonds is 3. The van der Waals surface area contributed by atoms with E-state index in [0.29, 0.717) is 0 Å². The van der Waals surface area contributed by atoms with Gasteiger partial charge < -0.3 is 4.90 Å². The van der Waals surface area contributed by atoms with Crippen molar-refractivity contribution in [2.45, 2.75) is 27.3 Å². The van der Waals surface area contributed by atoms with Crippen molar-refractivity contribution in [2.75, 3.05) is 11.4 Å². The molecule has 1 aromatic heterocycles. The highest BCUT2D eigenvalue weighted by atomic mass is 15.1. The summed E-state index contributed by atoms with van der Waals surface area (Å²) in [6.45, 7) is 8.51. The maximum Gasteiger partial charge on any atom is 0.178 e. The first-order valence-corrected chi connectivity index (χ1v) is 9.40. The fourth-order valence-electron chi connectivity index (χ4n) is 3.85. The molecule has 0 N–H and O–H groups in total. The van der Waals surface area contributed by atoms with Crippen molar-refractivity contribution >= 4 is 28.6 Å². The Hall–Kier alpha value is -2.87. The average Bonchev–Trinajstić information content (AvgIpc) is 2.67. The molecule has 2 aromatic carbocycles. The lowest BCUT2D eigenvalue weighted by Crippen LogP contribution is -2.35. The summed E-state index contributed by atoms with van der Waals surface area (Å²) >= 11 is 0. The molecule has 0 saturated carbocycles. The number of benzene rings is 2. The van der Waals surface area contributed by atoms with Crippen LogP contribution in [0.1, 0.15) is 30.7 Å². The predicted octanol–water partition coefficient (Wildman–Crippen LogP) is 5.35. The molecule has 4 rings (SSSR count). The van der Waals surface area contributed by atoms with Gasteiger partial charge in [-0.15, -0.1) is 0 Å². The number of fused-ring (bicyclic) bond motifs is 3. The number of hydrogen-bond acceptors (Lipinski definition) is 1. The van der Waals surface area contributed by atoms with Crippen LogP contribution in [-0.2, 0) is 6.54 Å². The van der Waals surface area contributed by atoms with Gasteiger partial charge in [0.2, 0.25) is 0 Å². The van der Waals surface area contributed by atoms with Gasteiger partial charge in [-0.05, 0) is 48.4 Å². The zero-order valence-electron chi connectivity index (χ0n) is 15.7. The number of allylic oxidation sites excluding steroid dienone is 1. The summed E-state index contributed by atoms with van der Waals surface area (Å²) in [4.78, 5) is 2.40. The Balaban J connectivity index is 1.80. The summed E-state index contributed by atoms with van der Waals surface area (Å²) in [5, 5.41) is 2.61. The third kappa shape index (κ3) is 2.82. The lowest BCUT2D eigenvalue weighted by molar-refractivity contribution is -0.699. The van der Waals surface area contributed by atoms with Gasteiger partial charge in [0.1, 0.15) is 6.54 Å². The smallest absolute Gasteiger partial charge is 0.178 e. The first-order valence-electron chi connectivity index (χ1n) is 9.40. The molecule has 1 aliphatic rings. The molecular weight excluding hydrogens is 316 g/mol. The number of nitrogens with zero attached hydrogens (tertiary/aromatic N) is 2. The standard InChI is InChI=1S/C24H25N2/c1-4-25-15-14-19(16-18(25)3)17-21-11-12-23-22-9-7-6-8-20(22)10-13-24(23)26(21)5-2/h6-17H,4-5H2,1-3H3/q+1. The fraction of sp³-hybridized carbons (Fsp3) is 0.208.